The molecule has 4 atom stereocenters. The van der Waals surface area contributed by atoms with E-state index in [1.165, 1.54) is 0 Å². The fourth-order valence-electron chi connectivity index (χ4n) is 0.652. The Morgan fingerprint density at radius 2 is 1.00 bits per heavy atom. The smallest absolute Gasteiger partial charge is 0.547 e. The Balaban J connectivity index is -0.000000845. The number of aliphatic hydroxyl groups is 4. The Morgan fingerprint density at radius 1 is 0.812 bits per heavy atom. The number of aliphatic carboxylic acids is 2. The van der Waals surface area contributed by atoms with Crippen molar-refractivity contribution < 1.29 is 88.6 Å². The summed E-state index contributed by atoms with van der Waals surface area (Å²) in [4.78, 5) is 19.9. The Morgan fingerprint density at radius 3 is 1.12 bits per heavy atom. The molecule has 0 aromatic rings. The quantitative estimate of drug-likeness (QED) is 0.343. The van der Waals surface area contributed by atoms with E-state index in [-0.39, 0.29) is 48.4 Å². The van der Waals surface area contributed by atoms with Crippen LogP contribution in [0.4, 0.5) is 0 Å². The van der Waals surface area contributed by atoms with Crippen molar-refractivity contribution in [1.82, 2.24) is 0 Å². The van der Waals surface area contributed by atoms with E-state index < -0.39 is 36.4 Å². The van der Waals surface area contributed by atoms with Gasteiger partial charge in [0.2, 0.25) is 0 Å². The second-order valence-corrected chi connectivity index (χ2v) is 2.51. The molecule has 0 aliphatic carbocycles. The summed E-state index contributed by atoms with van der Waals surface area (Å²) in [5.74, 6) is -4.22. The number of carbonyl (C=O) groups excluding carboxylic acids is 2. The van der Waals surface area contributed by atoms with Gasteiger partial charge in [-0.05, 0) is 0 Å². The molecular formula is C6H8LiNaO8. The Kier molecular flexibility index (Phi) is 12.7. The largest absolute Gasteiger partial charge is 1.00 e. The maximum atomic E-state index is 9.96. The first-order valence-electron chi connectivity index (χ1n) is 3.43. The van der Waals surface area contributed by atoms with Gasteiger partial charge in [0.25, 0.3) is 0 Å². The molecule has 0 saturated carbocycles. The second kappa shape index (κ2) is 9.41. The average Bonchev–Trinajstić information content (AvgIpc) is 2.12. The van der Waals surface area contributed by atoms with E-state index in [9.17, 15) is 19.8 Å². The summed E-state index contributed by atoms with van der Waals surface area (Å²) < 4.78 is 0. The van der Waals surface area contributed by atoms with Crippen LogP contribution >= 0.6 is 0 Å². The van der Waals surface area contributed by atoms with E-state index in [0.29, 0.717) is 0 Å². The van der Waals surface area contributed by atoms with Crippen molar-refractivity contribution in [2.75, 3.05) is 0 Å². The van der Waals surface area contributed by atoms with Crippen LogP contribution in [0, 0.1) is 0 Å². The molecule has 0 aromatic heterocycles. The molecule has 4 N–H and O–H groups in total. The van der Waals surface area contributed by atoms with Crippen LogP contribution in [0.15, 0.2) is 0 Å². The van der Waals surface area contributed by atoms with Crippen molar-refractivity contribution in [2.24, 2.45) is 0 Å². The predicted octanol–water partition coefficient (Wildman–Crippen LogP) is -12.1. The van der Waals surface area contributed by atoms with Crippen LogP contribution in [0.3, 0.4) is 0 Å². The fourth-order valence-corrected chi connectivity index (χ4v) is 0.652. The summed E-state index contributed by atoms with van der Waals surface area (Å²) >= 11 is 0. The first-order chi connectivity index (χ1) is 6.29. The summed E-state index contributed by atoms with van der Waals surface area (Å²) in [7, 11) is 0. The number of rotatable bonds is 5. The van der Waals surface area contributed by atoms with E-state index in [2.05, 4.69) is 0 Å². The van der Waals surface area contributed by atoms with Crippen molar-refractivity contribution in [3.05, 3.63) is 0 Å². The molecule has 82 valence electrons. The van der Waals surface area contributed by atoms with E-state index in [1.54, 1.807) is 0 Å². The molecule has 0 fully saturated rings. The van der Waals surface area contributed by atoms with E-state index in [1.807, 2.05) is 0 Å². The first kappa shape index (κ1) is 21.6. The Bertz CT molecular complexity index is 213. The van der Waals surface area contributed by atoms with E-state index in [4.69, 9.17) is 20.4 Å². The third-order valence-corrected chi connectivity index (χ3v) is 1.48. The van der Waals surface area contributed by atoms with Gasteiger partial charge in [-0.2, -0.15) is 0 Å². The summed E-state index contributed by atoms with van der Waals surface area (Å²) in [6.07, 6.45) is -9.76. The van der Waals surface area contributed by atoms with Crippen LogP contribution in [0.1, 0.15) is 0 Å². The molecule has 0 aromatic carbocycles. The monoisotopic (exact) mass is 238 g/mol. The number of aliphatic hydroxyl groups excluding tert-OH is 4. The zero-order valence-corrected chi connectivity index (χ0v) is 10.7. The van der Waals surface area contributed by atoms with Gasteiger partial charge in [-0.25, -0.2) is 0 Å². The van der Waals surface area contributed by atoms with Crippen LogP contribution in [0.25, 0.3) is 0 Å². The van der Waals surface area contributed by atoms with Gasteiger partial charge >= 0.3 is 48.4 Å². The predicted molar refractivity (Wildman–Crippen MR) is 34.0 cm³/mol. The van der Waals surface area contributed by atoms with Gasteiger partial charge in [-0.1, -0.05) is 0 Å². The summed E-state index contributed by atoms with van der Waals surface area (Å²) in [6, 6.07) is 0. The summed E-state index contributed by atoms with van der Waals surface area (Å²) in [5, 5.41) is 54.7. The van der Waals surface area contributed by atoms with Gasteiger partial charge in [-0.15, -0.1) is 0 Å². The van der Waals surface area contributed by atoms with Crippen molar-refractivity contribution >= 4 is 11.9 Å². The van der Waals surface area contributed by atoms with Gasteiger partial charge < -0.3 is 40.2 Å². The molecule has 0 spiro atoms. The third-order valence-electron chi connectivity index (χ3n) is 1.48. The molecule has 0 bridgehead atoms. The molecule has 0 radical (unpaired) electrons. The summed E-state index contributed by atoms with van der Waals surface area (Å²) in [5.41, 5.74) is 0. The number of carboxylic acid groups (broad SMARTS) is 2. The third kappa shape index (κ3) is 6.20. The maximum Gasteiger partial charge on any atom is 1.00 e. The minimum absolute atomic E-state index is 0. The minimum Gasteiger partial charge on any atom is -0.547 e. The molecule has 0 amide bonds. The standard InChI is InChI=1S/C6H10O8.Li.Na/c7-1(3(9)5(11)12)2(8)4(10)6(13)14;;/h1-4,7-10H,(H,11,12)(H,13,14);;/q;2*+1/p-2/t1-,2+,3+,4-;;. The van der Waals surface area contributed by atoms with E-state index >= 15 is 0 Å². The van der Waals surface area contributed by atoms with Crippen molar-refractivity contribution in [1.29, 1.82) is 0 Å². The van der Waals surface area contributed by atoms with Crippen molar-refractivity contribution in [3.63, 3.8) is 0 Å². The van der Waals surface area contributed by atoms with Crippen LogP contribution < -0.4 is 58.6 Å². The number of carboxylic acids is 2. The van der Waals surface area contributed by atoms with Crippen LogP contribution in [-0.4, -0.2) is 56.8 Å². The molecule has 0 unspecified atom stereocenters. The zero-order chi connectivity index (χ0) is 11.5. The van der Waals surface area contributed by atoms with Gasteiger partial charge in [0.15, 0.2) is 0 Å². The maximum absolute atomic E-state index is 9.96. The SMILES string of the molecule is O=C([O-])[C@@H](O)[C@H](O)[C@H](O)[C@@H](O)C(=O)[O-].[Li+].[Na+]. The molecule has 0 saturated heterocycles. The molecule has 10 heteroatoms. The fraction of sp³-hybridized carbons (Fsp3) is 0.667. The molecule has 16 heavy (non-hydrogen) atoms. The van der Waals surface area contributed by atoms with Crippen LogP contribution in [-0.2, 0) is 9.59 Å². The Labute approximate surface area is 124 Å². The molecule has 0 rings (SSSR count). The molecule has 0 aliphatic heterocycles. The van der Waals surface area contributed by atoms with Crippen molar-refractivity contribution in [2.45, 2.75) is 24.4 Å². The number of carbonyl (C=O) groups is 2. The van der Waals surface area contributed by atoms with Crippen molar-refractivity contribution in [3.8, 4) is 0 Å². The molecular weight excluding hydrogens is 230 g/mol. The topological polar surface area (TPSA) is 161 Å². The zero-order valence-electron chi connectivity index (χ0n) is 8.73. The minimum atomic E-state index is -2.50. The van der Waals surface area contributed by atoms with E-state index in [0.717, 1.165) is 0 Å². The van der Waals surface area contributed by atoms with Gasteiger partial charge in [0.1, 0.15) is 24.4 Å². The normalized spacial score (nSPS) is 17.0. The van der Waals surface area contributed by atoms with Gasteiger partial charge in [0.05, 0.1) is 11.9 Å². The first-order valence-corrected chi connectivity index (χ1v) is 3.43. The van der Waals surface area contributed by atoms with Gasteiger partial charge in [-0.3, -0.25) is 0 Å². The average molecular weight is 238 g/mol. The van der Waals surface area contributed by atoms with Gasteiger partial charge in [0, 0.05) is 0 Å². The molecule has 0 heterocycles. The van der Waals surface area contributed by atoms with Crippen LogP contribution in [0.5, 0.6) is 0 Å². The van der Waals surface area contributed by atoms with Crippen LogP contribution in [0.2, 0.25) is 0 Å². The second-order valence-electron chi connectivity index (χ2n) is 2.51. The Hall–Kier alpha value is 0.377. The molecule has 0 aliphatic rings. The molecule has 8 nitrogen and oxygen atoms in total. The summed E-state index contributed by atoms with van der Waals surface area (Å²) in [6.45, 7) is 0. The number of hydrogen-bond donors (Lipinski definition) is 4. The number of hydrogen-bond acceptors (Lipinski definition) is 8.